The first-order chi connectivity index (χ1) is 10.7. The fraction of sp³-hybridized carbons (Fsp3) is 0.643. The summed E-state index contributed by atoms with van der Waals surface area (Å²) in [6.07, 6.45) is 0.750. The number of carbonyl (C=O) groups is 5. The molecule has 0 aliphatic carbocycles. The molecule has 0 radical (unpaired) electrons. The van der Waals surface area contributed by atoms with E-state index in [-0.39, 0.29) is 11.8 Å². The van der Waals surface area contributed by atoms with Crippen molar-refractivity contribution in [2.75, 3.05) is 27.2 Å². The van der Waals surface area contributed by atoms with Crippen molar-refractivity contribution in [3.05, 3.63) is 0 Å². The van der Waals surface area contributed by atoms with Gasteiger partial charge in [0.1, 0.15) is 6.04 Å². The van der Waals surface area contributed by atoms with Crippen molar-refractivity contribution in [1.82, 2.24) is 20.9 Å². The molecule has 3 N–H and O–H groups in total. The first-order valence-corrected chi connectivity index (χ1v) is 7.17. The highest BCUT2D eigenvalue weighted by Crippen LogP contribution is 2.06. The van der Waals surface area contributed by atoms with E-state index in [1.54, 1.807) is 14.1 Å². The minimum atomic E-state index is -0.978. The van der Waals surface area contributed by atoms with Gasteiger partial charge in [-0.1, -0.05) is 13.8 Å². The Morgan fingerprint density at radius 1 is 1.09 bits per heavy atom. The quantitative estimate of drug-likeness (QED) is 0.317. The van der Waals surface area contributed by atoms with Crippen LogP contribution in [0.3, 0.4) is 0 Å². The van der Waals surface area contributed by atoms with Gasteiger partial charge >= 0.3 is 0 Å². The fourth-order valence-electron chi connectivity index (χ4n) is 1.72. The highest BCUT2D eigenvalue weighted by molar-refractivity contribution is 6.37. The molecule has 4 amide bonds. The minimum absolute atomic E-state index is 0.190. The molecule has 130 valence electrons. The molecule has 23 heavy (non-hydrogen) atoms. The molecule has 0 spiro atoms. The van der Waals surface area contributed by atoms with Crippen LogP contribution in [-0.4, -0.2) is 68.0 Å². The Morgan fingerprint density at radius 3 is 2.17 bits per heavy atom. The van der Waals surface area contributed by atoms with Crippen molar-refractivity contribution < 1.29 is 24.0 Å². The molecule has 0 heterocycles. The van der Waals surface area contributed by atoms with Gasteiger partial charge in [0.05, 0.1) is 13.1 Å². The number of nitrogens with zero attached hydrogens (tertiary/aromatic N) is 1. The Kier molecular flexibility index (Phi) is 9.21. The van der Waals surface area contributed by atoms with Crippen LogP contribution in [0.5, 0.6) is 0 Å². The third kappa shape index (κ3) is 8.54. The van der Waals surface area contributed by atoms with E-state index in [1.165, 1.54) is 4.90 Å². The molecule has 0 saturated heterocycles. The highest BCUT2D eigenvalue weighted by Gasteiger charge is 2.23. The van der Waals surface area contributed by atoms with Crippen molar-refractivity contribution >= 4 is 29.9 Å². The zero-order valence-corrected chi connectivity index (χ0v) is 13.8. The van der Waals surface area contributed by atoms with Crippen LogP contribution in [0.1, 0.15) is 20.3 Å². The molecule has 9 nitrogen and oxygen atoms in total. The SMILES string of the molecule is CC(C)C[C@H](NC(=O)CNC(=O)C(=O)CNC=O)C(=O)N(C)C. The number of carbonyl (C=O) groups excluding carboxylic acids is 5. The molecule has 1 atom stereocenters. The smallest absolute Gasteiger partial charge is 0.289 e. The minimum Gasteiger partial charge on any atom is -0.351 e. The Balaban J connectivity index is 4.47. The van der Waals surface area contributed by atoms with E-state index in [0.717, 1.165) is 0 Å². The second-order valence-corrected chi connectivity index (χ2v) is 5.59. The Hall–Kier alpha value is -2.45. The summed E-state index contributed by atoms with van der Waals surface area (Å²) < 4.78 is 0. The van der Waals surface area contributed by atoms with Gasteiger partial charge in [0.15, 0.2) is 0 Å². The number of Topliss-reactive ketones (excluding diaryl/α,β-unsaturated/α-hetero) is 1. The van der Waals surface area contributed by atoms with Crippen LogP contribution in [-0.2, 0) is 24.0 Å². The van der Waals surface area contributed by atoms with Gasteiger partial charge in [0.2, 0.25) is 24.0 Å². The van der Waals surface area contributed by atoms with Gasteiger partial charge in [-0.05, 0) is 12.3 Å². The summed E-state index contributed by atoms with van der Waals surface area (Å²) in [5.74, 6) is -2.48. The van der Waals surface area contributed by atoms with Crippen molar-refractivity contribution in [2.24, 2.45) is 5.92 Å². The number of ketones is 1. The van der Waals surface area contributed by atoms with E-state index in [0.29, 0.717) is 12.8 Å². The molecule has 0 saturated carbocycles. The van der Waals surface area contributed by atoms with Crippen molar-refractivity contribution in [1.29, 1.82) is 0 Å². The van der Waals surface area contributed by atoms with Gasteiger partial charge in [-0.2, -0.15) is 0 Å². The van der Waals surface area contributed by atoms with Gasteiger partial charge in [0.25, 0.3) is 5.91 Å². The van der Waals surface area contributed by atoms with Crippen LogP contribution in [0.15, 0.2) is 0 Å². The third-order valence-corrected chi connectivity index (χ3v) is 2.79. The van der Waals surface area contributed by atoms with Crippen LogP contribution >= 0.6 is 0 Å². The average Bonchev–Trinajstić information content (AvgIpc) is 2.48. The Bertz CT molecular complexity index is 462. The molecule has 9 heteroatoms. The average molecular weight is 328 g/mol. The summed E-state index contributed by atoms with van der Waals surface area (Å²) in [5.41, 5.74) is 0. The maximum atomic E-state index is 12.0. The van der Waals surface area contributed by atoms with E-state index in [2.05, 4.69) is 16.0 Å². The highest BCUT2D eigenvalue weighted by atomic mass is 16.2. The molecule has 0 aromatic carbocycles. The normalized spacial score (nSPS) is 11.3. The van der Waals surface area contributed by atoms with E-state index in [4.69, 9.17) is 0 Å². The molecule has 0 bridgehead atoms. The molecule has 0 aromatic rings. The monoisotopic (exact) mass is 328 g/mol. The summed E-state index contributed by atoms with van der Waals surface area (Å²) in [7, 11) is 3.17. The Morgan fingerprint density at radius 2 is 1.70 bits per heavy atom. The van der Waals surface area contributed by atoms with Crippen LogP contribution in [0.4, 0.5) is 0 Å². The Labute approximate surface area is 135 Å². The first kappa shape index (κ1) is 20.6. The summed E-state index contributed by atoms with van der Waals surface area (Å²) in [6.45, 7) is 2.97. The largest absolute Gasteiger partial charge is 0.351 e. The van der Waals surface area contributed by atoms with E-state index >= 15 is 0 Å². The number of hydrogen-bond donors (Lipinski definition) is 3. The summed E-state index contributed by atoms with van der Waals surface area (Å²) in [6, 6.07) is -0.693. The van der Waals surface area contributed by atoms with Gasteiger partial charge < -0.3 is 20.9 Å². The standard InChI is InChI=1S/C14H24N4O5/c1-9(2)5-10(14(23)18(3)4)17-12(21)7-16-13(22)11(20)6-15-8-19/h8-10H,5-7H2,1-4H3,(H,15,19)(H,16,22)(H,17,21)/t10-/m0/s1. The molecule has 0 fully saturated rings. The second-order valence-electron chi connectivity index (χ2n) is 5.59. The predicted molar refractivity (Wildman–Crippen MR) is 82.2 cm³/mol. The van der Waals surface area contributed by atoms with Crippen LogP contribution in [0.2, 0.25) is 0 Å². The number of rotatable bonds is 10. The lowest BCUT2D eigenvalue weighted by atomic mass is 10.0. The topological polar surface area (TPSA) is 125 Å². The zero-order chi connectivity index (χ0) is 18.0. The molecular formula is C14H24N4O5. The van der Waals surface area contributed by atoms with Crippen molar-refractivity contribution in [3.63, 3.8) is 0 Å². The molecule has 0 aliphatic heterocycles. The number of amides is 4. The molecular weight excluding hydrogens is 304 g/mol. The molecule has 0 aliphatic rings. The lowest BCUT2D eigenvalue weighted by Crippen LogP contribution is -2.50. The van der Waals surface area contributed by atoms with Gasteiger partial charge in [-0.3, -0.25) is 24.0 Å². The number of likely N-dealkylation sites (N-methyl/N-ethyl adjacent to an activating group) is 1. The van der Waals surface area contributed by atoms with Crippen LogP contribution < -0.4 is 16.0 Å². The molecule has 0 rings (SSSR count). The number of nitrogens with one attached hydrogen (secondary N) is 3. The summed E-state index contributed by atoms with van der Waals surface area (Å²) in [5, 5.41) is 6.73. The maximum Gasteiger partial charge on any atom is 0.289 e. The van der Waals surface area contributed by atoms with E-state index in [1.807, 2.05) is 13.8 Å². The fourth-order valence-corrected chi connectivity index (χ4v) is 1.72. The van der Waals surface area contributed by atoms with Crippen molar-refractivity contribution in [2.45, 2.75) is 26.3 Å². The third-order valence-electron chi connectivity index (χ3n) is 2.79. The summed E-state index contributed by atoms with van der Waals surface area (Å²) >= 11 is 0. The molecule has 0 unspecified atom stereocenters. The predicted octanol–water partition coefficient (Wildman–Crippen LogP) is -1.96. The van der Waals surface area contributed by atoms with E-state index in [9.17, 15) is 24.0 Å². The lowest BCUT2D eigenvalue weighted by Gasteiger charge is -2.23. The van der Waals surface area contributed by atoms with Gasteiger partial charge in [-0.25, -0.2) is 0 Å². The van der Waals surface area contributed by atoms with Crippen molar-refractivity contribution in [3.8, 4) is 0 Å². The molecule has 0 aromatic heterocycles. The van der Waals surface area contributed by atoms with E-state index < -0.39 is 36.7 Å². The number of hydrogen-bond acceptors (Lipinski definition) is 5. The van der Waals surface area contributed by atoms with Crippen LogP contribution in [0.25, 0.3) is 0 Å². The van der Waals surface area contributed by atoms with Crippen LogP contribution in [0, 0.1) is 5.92 Å². The summed E-state index contributed by atoms with van der Waals surface area (Å²) in [4.78, 5) is 57.9. The van der Waals surface area contributed by atoms with Gasteiger partial charge in [0, 0.05) is 14.1 Å². The zero-order valence-electron chi connectivity index (χ0n) is 13.8. The second kappa shape index (κ2) is 10.3. The van der Waals surface area contributed by atoms with Gasteiger partial charge in [-0.15, -0.1) is 0 Å². The maximum absolute atomic E-state index is 12.0. The first-order valence-electron chi connectivity index (χ1n) is 7.17. The lowest BCUT2D eigenvalue weighted by molar-refractivity contribution is -0.138.